The van der Waals surface area contributed by atoms with Crippen molar-refractivity contribution in [1.82, 2.24) is 15.2 Å². The normalized spacial score (nSPS) is 18.4. The van der Waals surface area contributed by atoms with Gasteiger partial charge in [0.05, 0.1) is 12.5 Å². The lowest BCUT2D eigenvalue weighted by atomic mass is 9.88. The third-order valence-corrected chi connectivity index (χ3v) is 6.17. The Hall–Kier alpha value is -3.25. The number of carbonyl (C=O) groups excluding carboxylic acids is 1. The number of hydrogen-bond acceptors (Lipinski definition) is 4. The lowest BCUT2D eigenvalue weighted by Crippen LogP contribution is -2.47. The maximum Gasteiger partial charge on any atom is 0.224 e. The van der Waals surface area contributed by atoms with Crippen LogP contribution in [0.15, 0.2) is 67.0 Å². The first-order valence-corrected chi connectivity index (χ1v) is 11.8. The summed E-state index contributed by atoms with van der Waals surface area (Å²) < 4.78 is 19.4. The summed E-state index contributed by atoms with van der Waals surface area (Å²) >= 11 is 0. The summed E-state index contributed by atoms with van der Waals surface area (Å²) in [5.74, 6) is 0.291. The number of ether oxygens (including phenoxy) is 1. The average molecular weight is 462 g/mol. The summed E-state index contributed by atoms with van der Waals surface area (Å²) in [5, 5.41) is 3.14. The van der Waals surface area contributed by atoms with Gasteiger partial charge in [0, 0.05) is 50.6 Å². The van der Waals surface area contributed by atoms with Crippen LogP contribution in [0.5, 0.6) is 5.75 Å². The third-order valence-electron chi connectivity index (χ3n) is 6.17. The van der Waals surface area contributed by atoms with Crippen LogP contribution >= 0.6 is 0 Å². The van der Waals surface area contributed by atoms with Gasteiger partial charge in [-0.05, 0) is 55.7 Å². The molecule has 1 amide bonds. The molecule has 5 nitrogen and oxygen atoms in total. The van der Waals surface area contributed by atoms with Gasteiger partial charge in [0.25, 0.3) is 0 Å². The number of rotatable bonds is 8. The molecule has 1 fully saturated rings. The summed E-state index contributed by atoms with van der Waals surface area (Å²) in [6.45, 7) is 7.36. The molecule has 0 radical (unpaired) electrons. The van der Waals surface area contributed by atoms with Crippen LogP contribution in [0.3, 0.4) is 0 Å². The largest absolute Gasteiger partial charge is 0.493 e. The first-order valence-electron chi connectivity index (χ1n) is 11.8. The van der Waals surface area contributed by atoms with Gasteiger partial charge in [0.1, 0.15) is 11.6 Å². The Bertz CT molecular complexity index is 1090. The number of likely N-dealkylation sites (tertiary alicyclic amines) is 1. The second kappa shape index (κ2) is 11.3. The maximum atomic E-state index is 13.5. The monoisotopic (exact) mass is 461 g/mol. The number of halogens is 1. The van der Waals surface area contributed by atoms with Crippen molar-refractivity contribution in [3.8, 4) is 5.75 Å². The first-order chi connectivity index (χ1) is 16.4. The molecule has 4 rings (SSSR count). The zero-order valence-electron chi connectivity index (χ0n) is 19.8. The van der Waals surface area contributed by atoms with Gasteiger partial charge in [-0.3, -0.25) is 14.7 Å². The summed E-state index contributed by atoms with van der Waals surface area (Å²) in [6.07, 6.45) is 4.32. The molecule has 1 aliphatic rings. The highest BCUT2D eigenvalue weighted by Crippen LogP contribution is 2.25. The van der Waals surface area contributed by atoms with Crippen LogP contribution in [0.4, 0.5) is 4.39 Å². The number of pyridine rings is 1. The number of piperidine rings is 1. The molecule has 1 saturated heterocycles. The fourth-order valence-electron chi connectivity index (χ4n) is 4.76. The molecule has 2 aromatic carbocycles. The molecular formula is C28H32FN3O2. The van der Waals surface area contributed by atoms with Crippen LogP contribution in [-0.4, -0.2) is 35.5 Å². The van der Waals surface area contributed by atoms with E-state index in [4.69, 9.17) is 4.74 Å². The highest BCUT2D eigenvalue weighted by molar-refractivity contribution is 5.79. The number of carbonyl (C=O) groups is 1. The lowest BCUT2D eigenvalue weighted by Gasteiger charge is -2.37. The van der Waals surface area contributed by atoms with Gasteiger partial charge in [-0.1, -0.05) is 35.4 Å². The van der Waals surface area contributed by atoms with Crippen molar-refractivity contribution in [3.63, 3.8) is 0 Å². The van der Waals surface area contributed by atoms with E-state index in [1.54, 1.807) is 24.5 Å². The molecular weight excluding hydrogens is 429 g/mol. The summed E-state index contributed by atoms with van der Waals surface area (Å²) in [4.78, 5) is 19.6. The van der Waals surface area contributed by atoms with Crippen molar-refractivity contribution < 1.29 is 13.9 Å². The molecule has 178 valence electrons. The quantitative estimate of drug-likeness (QED) is 0.530. The van der Waals surface area contributed by atoms with Gasteiger partial charge in [-0.15, -0.1) is 0 Å². The second-order valence-electron chi connectivity index (χ2n) is 9.33. The predicted octanol–water partition coefficient (Wildman–Crippen LogP) is 4.67. The molecule has 6 heteroatoms. The van der Waals surface area contributed by atoms with Crippen LogP contribution in [0.1, 0.15) is 28.7 Å². The molecule has 2 atom stereocenters. The van der Waals surface area contributed by atoms with Crippen LogP contribution < -0.4 is 10.1 Å². The van der Waals surface area contributed by atoms with Crippen LogP contribution in [0, 0.1) is 31.5 Å². The van der Waals surface area contributed by atoms with Crippen molar-refractivity contribution >= 4 is 5.91 Å². The topological polar surface area (TPSA) is 54.5 Å². The van der Waals surface area contributed by atoms with E-state index in [-0.39, 0.29) is 23.6 Å². The Labute approximate surface area is 201 Å². The average Bonchev–Trinajstić information content (AvgIpc) is 2.81. The van der Waals surface area contributed by atoms with Crippen molar-refractivity contribution in [1.29, 1.82) is 0 Å². The number of benzene rings is 2. The Morgan fingerprint density at radius 1 is 1.06 bits per heavy atom. The molecule has 0 aliphatic carbocycles. The Morgan fingerprint density at radius 2 is 1.82 bits per heavy atom. The Morgan fingerprint density at radius 3 is 2.56 bits per heavy atom. The van der Waals surface area contributed by atoms with Gasteiger partial charge in [0.15, 0.2) is 0 Å². The summed E-state index contributed by atoms with van der Waals surface area (Å²) in [6, 6.07) is 16.6. The zero-order chi connectivity index (χ0) is 23.9. The van der Waals surface area contributed by atoms with Crippen molar-refractivity contribution in [2.45, 2.75) is 33.4 Å². The first kappa shape index (κ1) is 23.9. The van der Waals surface area contributed by atoms with Gasteiger partial charge in [0.2, 0.25) is 5.91 Å². The molecule has 34 heavy (non-hydrogen) atoms. The number of amides is 1. The number of aromatic nitrogens is 1. The smallest absolute Gasteiger partial charge is 0.224 e. The predicted molar refractivity (Wildman–Crippen MR) is 131 cm³/mol. The van der Waals surface area contributed by atoms with Crippen LogP contribution in [0.2, 0.25) is 0 Å². The number of hydrogen-bond donors (Lipinski definition) is 1. The second-order valence-corrected chi connectivity index (χ2v) is 9.33. The summed E-state index contributed by atoms with van der Waals surface area (Å²) in [7, 11) is 0. The van der Waals surface area contributed by atoms with E-state index >= 15 is 0 Å². The highest BCUT2D eigenvalue weighted by Gasteiger charge is 2.32. The molecule has 0 spiro atoms. The zero-order valence-corrected chi connectivity index (χ0v) is 19.8. The molecule has 1 aromatic heterocycles. The molecule has 0 unspecified atom stereocenters. The highest BCUT2D eigenvalue weighted by atomic mass is 19.1. The fraction of sp³-hybridized carbons (Fsp3) is 0.357. The van der Waals surface area contributed by atoms with Crippen molar-refractivity contribution in [2.75, 3.05) is 19.7 Å². The van der Waals surface area contributed by atoms with E-state index in [1.807, 2.05) is 12.1 Å². The van der Waals surface area contributed by atoms with E-state index in [9.17, 15) is 9.18 Å². The Kier molecular flexibility index (Phi) is 7.91. The minimum atomic E-state index is -0.316. The van der Waals surface area contributed by atoms with E-state index < -0.39 is 0 Å². The fourth-order valence-corrected chi connectivity index (χ4v) is 4.76. The van der Waals surface area contributed by atoms with E-state index in [0.29, 0.717) is 25.4 Å². The number of nitrogens with zero attached hydrogens (tertiary/aromatic N) is 2. The molecule has 2 heterocycles. The van der Waals surface area contributed by atoms with E-state index in [0.717, 1.165) is 30.6 Å². The van der Waals surface area contributed by atoms with Gasteiger partial charge in [-0.2, -0.15) is 0 Å². The summed E-state index contributed by atoms with van der Waals surface area (Å²) in [5.41, 5.74) is 4.66. The van der Waals surface area contributed by atoms with Gasteiger partial charge >= 0.3 is 0 Å². The molecule has 0 saturated carbocycles. The van der Waals surface area contributed by atoms with Crippen LogP contribution in [-0.2, 0) is 17.9 Å². The minimum absolute atomic E-state index is 0.0642. The van der Waals surface area contributed by atoms with Crippen LogP contribution in [0.25, 0.3) is 0 Å². The number of aryl methyl sites for hydroxylation is 2. The SMILES string of the molecule is Cc1cc(C)cc(CNC(=O)[C@@H]2C[C@H](COc3cccc(F)c3)CN(Cc3ccncc3)C2)c1. The van der Waals surface area contributed by atoms with Crippen molar-refractivity contribution in [3.05, 3.63) is 95.1 Å². The maximum absolute atomic E-state index is 13.5. The van der Waals surface area contributed by atoms with Gasteiger partial charge in [-0.25, -0.2) is 4.39 Å². The van der Waals surface area contributed by atoms with Crippen molar-refractivity contribution in [2.24, 2.45) is 11.8 Å². The number of nitrogens with one attached hydrogen (secondary N) is 1. The third kappa shape index (κ3) is 6.87. The molecule has 1 aliphatic heterocycles. The molecule has 3 aromatic rings. The van der Waals surface area contributed by atoms with Gasteiger partial charge < -0.3 is 10.1 Å². The Balaban J connectivity index is 1.41. The lowest BCUT2D eigenvalue weighted by molar-refractivity contribution is -0.128. The molecule has 1 N–H and O–H groups in total. The standard InChI is InChI=1S/C28H32FN3O2/c1-20-10-21(2)12-23(11-20)15-31-28(33)25-13-24(19-34-27-5-3-4-26(29)14-27)17-32(18-25)16-22-6-8-30-9-7-22/h3-12,14,24-25H,13,15-19H2,1-2H3,(H,31,33)/t24-,25+/m0/s1. The minimum Gasteiger partial charge on any atom is -0.493 e. The molecule has 0 bridgehead atoms. The van der Waals surface area contributed by atoms with E-state index in [2.05, 4.69) is 47.2 Å². The van der Waals surface area contributed by atoms with E-state index in [1.165, 1.54) is 23.3 Å².